The van der Waals surface area contributed by atoms with E-state index in [2.05, 4.69) is 0 Å². The van der Waals surface area contributed by atoms with Crippen LogP contribution in [-0.2, 0) is 14.8 Å². The summed E-state index contributed by atoms with van der Waals surface area (Å²) in [6.45, 7) is 2.43. The van der Waals surface area contributed by atoms with Crippen molar-refractivity contribution in [3.63, 3.8) is 0 Å². The lowest BCUT2D eigenvalue weighted by Crippen LogP contribution is -2.44. The van der Waals surface area contributed by atoms with Crippen molar-refractivity contribution in [2.75, 3.05) is 39.9 Å². The van der Waals surface area contributed by atoms with Crippen molar-refractivity contribution >= 4 is 33.6 Å². The van der Waals surface area contributed by atoms with Crippen molar-refractivity contribution in [1.29, 1.82) is 0 Å². The molecule has 2 aromatic rings. The van der Waals surface area contributed by atoms with Gasteiger partial charge in [-0.15, -0.1) is 0 Å². The molecule has 0 saturated carbocycles. The van der Waals surface area contributed by atoms with Gasteiger partial charge in [0.25, 0.3) is 5.91 Å². The smallest absolute Gasteiger partial charge is 0.253 e. The lowest BCUT2D eigenvalue weighted by atomic mass is 9.78. The first-order valence-corrected chi connectivity index (χ1v) is 13.2. The maximum absolute atomic E-state index is 13.2. The van der Waals surface area contributed by atoms with Gasteiger partial charge in [-0.1, -0.05) is 17.7 Å². The summed E-state index contributed by atoms with van der Waals surface area (Å²) in [5.41, 5.74) is 1.38. The van der Waals surface area contributed by atoms with E-state index in [1.54, 1.807) is 40.7 Å². The molecule has 0 aromatic heterocycles. The van der Waals surface area contributed by atoms with E-state index >= 15 is 0 Å². The number of nitrogens with zero attached hydrogens (tertiary/aromatic N) is 2. The highest BCUT2D eigenvalue weighted by Crippen LogP contribution is 2.42. The summed E-state index contributed by atoms with van der Waals surface area (Å²) in [5.74, 6) is 1.22. The fourth-order valence-electron chi connectivity index (χ4n) is 5.10. The molecule has 1 amide bonds. The summed E-state index contributed by atoms with van der Waals surface area (Å²) in [6, 6.07) is 12.0. The maximum atomic E-state index is 13.2. The van der Waals surface area contributed by atoms with Crippen LogP contribution in [0.1, 0.15) is 24.8 Å². The summed E-state index contributed by atoms with van der Waals surface area (Å²) in [5, 5.41) is 0.600. The van der Waals surface area contributed by atoms with Crippen molar-refractivity contribution in [3.8, 4) is 11.5 Å². The molecule has 3 heterocycles. The quantitative estimate of drug-likeness (QED) is 0.635. The summed E-state index contributed by atoms with van der Waals surface area (Å²) < 4.78 is 38.8. The van der Waals surface area contributed by atoms with E-state index in [1.165, 1.54) is 7.11 Å². The second-order valence-electron chi connectivity index (χ2n) is 9.20. The number of benzene rings is 2. The molecule has 9 heteroatoms. The highest BCUT2D eigenvalue weighted by Gasteiger charge is 2.44. The number of hydrogen-bond donors (Lipinski definition) is 0. The topological polar surface area (TPSA) is 76.2 Å². The van der Waals surface area contributed by atoms with E-state index in [9.17, 15) is 13.2 Å². The van der Waals surface area contributed by atoms with Gasteiger partial charge in [-0.25, -0.2) is 8.42 Å². The molecular formula is C25H27ClN2O5S. The van der Waals surface area contributed by atoms with E-state index in [0.29, 0.717) is 42.5 Å². The molecule has 0 unspecified atom stereocenters. The fraction of sp³-hybridized carbons (Fsp3) is 0.400. The van der Waals surface area contributed by atoms with Crippen molar-refractivity contribution < 1.29 is 22.7 Å². The van der Waals surface area contributed by atoms with Gasteiger partial charge in [0.2, 0.25) is 10.0 Å². The molecule has 5 rings (SSSR count). The lowest BCUT2D eigenvalue weighted by Gasteiger charge is -2.38. The molecule has 0 aliphatic carbocycles. The van der Waals surface area contributed by atoms with E-state index < -0.39 is 10.0 Å². The van der Waals surface area contributed by atoms with Crippen molar-refractivity contribution in [2.45, 2.75) is 24.2 Å². The van der Waals surface area contributed by atoms with Crippen molar-refractivity contribution in [2.24, 2.45) is 5.41 Å². The van der Waals surface area contributed by atoms with Gasteiger partial charge in [-0.2, -0.15) is 4.31 Å². The molecule has 0 N–H and O–H groups in total. The number of piperidine rings is 1. The average molecular weight is 503 g/mol. The Morgan fingerprint density at radius 3 is 2.62 bits per heavy atom. The molecule has 3 aliphatic rings. The Bertz CT molecular complexity index is 1250. The average Bonchev–Trinajstić information content (AvgIpc) is 3.26. The third-order valence-corrected chi connectivity index (χ3v) is 9.28. The van der Waals surface area contributed by atoms with Crippen molar-refractivity contribution in [1.82, 2.24) is 9.21 Å². The van der Waals surface area contributed by atoms with Gasteiger partial charge in [0.1, 0.15) is 18.1 Å². The van der Waals surface area contributed by atoms with Gasteiger partial charge in [0, 0.05) is 42.8 Å². The van der Waals surface area contributed by atoms with Crippen LogP contribution in [0.3, 0.4) is 0 Å². The standard InChI is InChI=1S/C25H27ClN2O5S/c1-32-21-3-2-4-22(15-21)34(30,31)28-11-8-25(9-12-28)7-10-27(17-25)24(29)19-13-18-14-20(26)5-6-23(18)33-16-19/h2-6,13-15H,7-12,16-17H2,1H3. The molecule has 34 heavy (non-hydrogen) atoms. The van der Waals surface area contributed by atoms with Crippen LogP contribution in [0.5, 0.6) is 11.5 Å². The minimum Gasteiger partial charge on any atom is -0.497 e. The normalized spacial score (nSPS) is 19.9. The molecule has 3 aliphatic heterocycles. The first kappa shape index (κ1) is 23.2. The lowest BCUT2D eigenvalue weighted by molar-refractivity contribution is -0.127. The van der Waals surface area contributed by atoms with Crippen LogP contribution < -0.4 is 9.47 Å². The minimum atomic E-state index is -3.58. The van der Waals surface area contributed by atoms with Crippen LogP contribution in [0.4, 0.5) is 0 Å². The molecule has 0 radical (unpaired) electrons. The number of carbonyl (C=O) groups excluding carboxylic acids is 1. The SMILES string of the molecule is COc1cccc(S(=O)(=O)N2CCC3(CCN(C(=O)C4=Cc5cc(Cl)ccc5OC4)C3)CC2)c1. The van der Waals surface area contributed by atoms with Gasteiger partial charge in [0.15, 0.2) is 0 Å². The molecule has 2 fully saturated rings. The zero-order chi connectivity index (χ0) is 23.9. The number of likely N-dealkylation sites (tertiary alicyclic amines) is 1. The summed E-state index contributed by atoms with van der Waals surface area (Å²) >= 11 is 6.09. The predicted molar refractivity (Wildman–Crippen MR) is 130 cm³/mol. The zero-order valence-electron chi connectivity index (χ0n) is 19.0. The molecule has 2 saturated heterocycles. The van der Waals surface area contributed by atoms with Crippen LogP contribution in [-0.4, -0.2) is 63.4 Å². The fourth-order valence-corrected chi connectivity index (χ4v) is 6.76. The summed E-state index contributed by atoms with van der Waals surface area (Å²) in [6.07, 6.45) is 4.20. The maximum Gasteiger partial charge on any atom is 0.253 e. The third kappa shape index (κ3) is 4.30. The van der Waals surface area contributed by atoms with Crippen LogP contribution >= 0.6 is 11.6 Å². The van der Waals surface area contributed by atoms with Crippen LogP contribution in [0.25, 0.3) is 6.08 Å². The summed E-state index contributed by atoms with van der Waals surface area (Å²) in [4.78, 5) is 15.3. The van der Waals surface area contributed by atoms with Gasteiger partial charge in [0.05, 0.1) is 17.6 Å². The number of rotatable bonds is 4. The number of ether oxygens (including phenoxy) is 2. The highest BCUT2D eigenvalue weighted by molar-refractivity contribution is 7.89. The number of sulfonamides is 1. The minimum absolute atomic E-state index is 0.0195. The Kier molecular flexibility index (Phi) is 6.08. The largest absolute Gasteiger partial charge is 0.497 e. The van der Waals surface area contributed by atoms with Crippen molar-refractivity contribution in [3.05, 3.63) is 58.6 Å². The number of fused-ring (bicyclic) bond motifs is 1. The first-order chi connectivity index (χ1) is 16.3. The van der Waals surface area contributed by atoms with Crippen LogP contribution in [0.15, 0.2) is 52.9 Å². The summed E-state index contributed by atoms with van der Waals surface area (Å²) in [7, 11) is -2.06. The van der Waals surface area contributed by atoms with Gasteiger partial charge in [-0.3, -0.25) is 4.79 Å². The monoisotopic (exact) mass is 502 g/mol. The second-order valence-corrected chi connectivity index (χ2v) is 11.6. The Balaban J connectivity index is 1.25. The van der Waals surface area contributed by atoms with Gasteiger partial charge < -0.3 is 14.4 Å². The Labute approximate surface area is 204 Å². The Hall–Kier alpha value is -2.55. The van der Waals surface area contributed by atoms with Gasteiger partial charge in [-0.05, 0) is 61.1 Å². The molecular weight excluding hydrogens is 476 g/mol. The van der Waals surface area contributed by atoms with E-state index in [-0.39, 0.29) is 22.8 Å². The highest BCUT2D eigenvalue weighted by atomic mass is 35.5. The van der Waals surface area contributed by atoms with Gasteiger partial charge >= 0.3 is 0 Å². The molecule has 180 valence electrons. The number of amides is 1. The Morgan fingerprint density at radius 2 is 1.85 bits per heavy atom. The molecule has 7 nitrogen and oxygen atoms in total. The molecule has 0 bridgehead atoms. The molecule has 2 aromatic carbocycles. The van der Waals surface area contributed by atoms with Crippen LogP contribution in [0, 0.1) is 5.41 Å². The van der Waals surface area contributed by atoms with E-state index in [1.807, 2.05) is 17.0 Å². The zero-order valence-corrected chi connectivity index (χ0v) is 20.6. The first-order valence-electron chi connectivity index (χ1n) is 11.4. The molecule has 1 spiro atoms. The number of halogens is 1. The van der Waals surface area contributed by atoms with E-state index in [4.69, 9.17) is 21.1 Å². The third-order valence-electron chi connectivity index (χ3n) is 7.15. The number of hydrogen-bond acceptors (Lipinski definition) is 5. The predicted octanol–water partition coefficient (Wildman–Crippen LogP) is 3.83. The number of carbonyl (C=O) groups is 1. The van der Waals surface area contributed by atoms with Crippen LogP contribution in [0.2, 0.25) is 5.02 Å². The van der Waals surface area contributed by atoms with E-state index in [0.717, 1.165) is 30.6 Å². The second kappa shape index (κ2) is 8.91. The number of methoxy groups -OCH3 is 1. The molecule has 0 atom stereocenters. The Morgan fingerprint density at radius 1 is 1.09 bits per heavy atom.